The van der Waals surface area contributed by atoms with Gasteiger partial charge in [0.1, 0.15) is 11.8 Å². The Balaban J connectivity index is 1.68. The number of nitrogens with one attached hydrogen (secondary N) is 3. The molecule has 3 N–H and O–H groups in total. The molecule has 25 heavy (non-hydrogen) atoms. The Kier molecular flexibility index (Phi) is 5.09. The quantitative estimate of drug-likeness (QED) is 0.785. The molecule has 3 rings (SSSR count). The molecule has 0 aromatic heterocycles. The van der Waals surface area contributed by atoms with Gasteiger partial charge in [-0.2, -0.15) is 0 Å². The lowest BCUT2D eigenvalue weighted by atomic mass is 9.94. The van der Waals surface area contributed by atoms with E-state index in [9.17, 15) is 9.59 Å². The summed E-state index contributed by atoms with van der Waals surface area (Å²) in [7, 11) is 1.60. The molecule has 2 atom stereocenters. The van der Waals surface area contributed by atoms with E-state index < -0.39 is 12.1 Å². The van der Waals surface area contributed by atoms with E-state index in [2.05, 4.69) is 16.0 Å². The zero-order valence-corrected chi connectivity index (χ0v) is 14.3. The number of urea groups is 1. The maximum Gasteiger partial charge on any atom is 0.319 e. The minimum atomic E-state index is -0.638. The lowest BCUT2D eigenvalue weighted by Crippen LogP contribution is -2.44. The van der Waals surface area contributed by atoms with E-state index in [0.29, 0.717) is 17.3 Å². The fourth-order valence-electron chi connectivity index (χ4n) is 2.79. The zero-order valence-electron chi connectivity index (χ0n) is 13.6. The van der Waals surface area contributed by atoms with Crippen molar-refractivity contribution in [3.63, 3.8) is 0 Å². The molecule has 0 radical (unpaired) electrons. The number of anilines is 1. The van der Waals surface area contributed by atoms with Crippen LogP contribution in [0.5, 0.6) is 5.75 Å². The molecule has 1 fully saturated rings. The molecule has 7 heteroatoms. The van der Waals surface area contributed by atoms with Gasteiger partial charge in [-0.25, -0.2) is 4.79 Å². The number of carbonyl (C=O) groups excluding carboxylic acids is 2. The Morgan fingerprint density at radius 1 is 1.16 bits per heavy atom. The van der Waals surface area contributed by atoms with Crippen molar-refractivity contribution in [2.24, 2.45) is 0 Å². The number of benzene rings is 2. The monoisotopic (exact) mass is 359 g/mol. The average molecular weight is 360 g/mol. The van der Waals surface area contributed by atoms with Crippen molar-refractivity contribution in [1.29, 1.82) is 0 Å². The molecule has 0 bridgehead atoms. The first-order valence-electron chi connectivity index (χ1n) is 7.81. The number of carbonyl (C=O) groups is 2. The van der Waals surface area contributed by atoms with E-state index in [1.807, 2.05) is 24.3 Å². The van der Waals surface area contributed by atoms with Gasteiger partial charge in [-0.15, -0.1) is 0 Å². The Morgan fingerprint density at radius 2 is 1.84 bits per heavy atom. The molecule has 1 saturated heterocycles. The molecule has 2 aromatic rings. The number of ether oxygens (including phenoxy) is 1. The minimum absolute atomic E-state index is 0.144. The average Bonchev–Trinajstić information content (AvgIpc) is 2.98. The predicted molar refractivity (Wildman–Crippen MR) is 96.1 cm³/mol. The number of hydrogen-bond acceptors (Lipinski definition) is 3. The first-order chi connectivity index (χ1) is 12.1. The van der Waals surface area contributed by atoms with E-state index in [-0.39, 0.29) is 11.8 Å². The van der Waals surface area contributed by atoms with Crippen LogP contribution < -0.4 is 20.7 Å². The third-order valence-electron chi connectivity index (χ3n) is 4.11. The standard InChI is InChI=1S/C18H18ClN3O3/c1-25-14-8-2-11(3-9-14)15-10-20-17(23)16(15)22-18(24)21-13-6-4-12(19)5-7-13/h2-9,15-16H,10H2,1H3,(H,20,23)(H2,21,22,24)/t15-,16?/m0/s1. The first-order valence-corrected chi connectivity index (χ1v) is 8.19. The highest BCUT2D eigenvalue weighted by atomic mass is 35.5. The van der Waals surface area contributed by atoms with Crippen LogP contribution in [-0.4, -0.2) is 31.6 Å². The van der Waals surface area contributed by atoms with Crippen molar-refractivity contribution >= 4 is 29.2 Å². The lowest BCUT2D eigenvalue weighted by Gasteiger charge is -2.19. The number of halogens is 1. The van der Waals surface area contributed by atoms with Crippen molar-refractivity contribution in [3.8, 4) is 5.75 Å². The molecule has 0 aliphatic carbocycles. The Morgan fingerprint density at radius 3 is 2.48 bits per heavy atom. The predicted octanol–water partition coefficient (Wildman–Crippen LogP) is 2.75. The van der Waals surface area contributed by atoms with Crippen LogP contribution in [0.25, 0.3) is 0 Å². The van der Waals surface area contributed by atoms with Crippen LogP contribution in [0.4, 0.5) is 10.5 Å². The molecule has 0 saturated carbocycles. The molecule has 1 aliphatic rings. The molecular formula is C18H18ClN3O3. The van der Waals surface area contributed by atoms with Crippen molar-refractivity contribution in [1.82, 2.24) is 10.6 Å². The molecular weight excluding hydrogens is 342 g/mol. The highest BCUT2D eigenvalue weighted by Gasteiger charge is 2.36. The molecule has 1 heterocycles. The minimum Gasteiger partial charge on any atom is -0.497 e. The second-order valence-electron chi connectivity index (χ2n) is 5.71. The van der Waals surface area contributed by atoms with Gasteiger partial charge in [0, 0.05) is 23.2 Å². The largest absolute Gasteiger partial charge is 0.497 e. The summed E-state index contributed by atoms with van der Waals surface area (Å²) in [5, 5.41) is 8.82. The van der Waals surface area contributed by atoms with Crippen LogP contribution in [0.1, 0.15) is 11.5 Å². The highest BCUT2D eigenvalue weighted by molar-refractivity contribution is 6.30. The van der Waals surface area contributed by atoms with Crippen LogP contribution in [0.3, 0.4) is 0 Å². The van der Waals surface area contributed by atoms with E-state index in [1.165, 1.54) is 0 Å². The number of methoxy groups -OCH3 is 1. The summed E-state index contributed by atoms with van der Waals surface area (Å²) in [5.41, 5.74) is 1.55. The Hall–Kier alpha value is -2.73. The van der Waals surface area contributed by atoms with Crippen molar-refractivity contribution in [2.45, 2.75) is 12.0 Å². The fraction of sp³-hybridized carbons (Fsp3) is 0.222. The lowest BCUT2D eigenvalue weighted by molar-refractivity contribution is -0.120. The van der Waals surface area contributed by atoms with E-state index in [0.717, 1.165) is 11.3 Å². The summed E-state index contributed by atoms with van der Waals surface area (Å²) < 4.78 is 5.15. The second-order valence-corrected chi connectivity index (χ2v) is 6.14. The van der Waals surface area contributed by atoms with Gasteiger partial charge in [0.25, 0.3) is 0 Å². The summed E-state index contributed by atoms with van der Waals surface area (Å²) in [6, 6.07) is 13.1. The van der Waals surface area contributed by atoms with E-state index in [1.54, 1.807) is 31.4 Å². The van der Waals surface area contributed by atoms with Gasteiger partial charge in [-0.1, -0.05) is 23.7 Å². The first kappa shape index (κ1) is 17.1. The van der Waals surface area contributed by atoms with Gasteiger partial charge in [0.05, 0.1) is 7.11 Å². The molecule has 0 spiro atoms. The van der Waals surface area contributed by atoms with Gasteiger partial charge in [-0.3, -0.25) is 4.79 Å². The SMILES string of the molecule is COc1ccc([C@@H]2CNC(=O)C2NC(=O)Nc2ccc(Cl)cc2)cc1. The van der Waals surface area contributed by atoms with Crippen molar-refractivity contribution < 1.29 is 14.3 Å². The summed E-state index contributed by atoms with van der Waals surface area (Å²) in [6.07, 6.45) is 0. The molecule has 2 aromatic carbocycles. The molecule has 6 nitrogen and oxygen atoms in total. The smallest absolute Gasteiger partial charge is 0.319 e. The topological polar surface area (TPSA) is 79.5 Å². The van der Waals surface area contributed by atoms with E-state index >= 15 is 0 Å². The molecule has 1 unspecified atom stereocenters. The summed E-state index contributed by atoms with van der Waals surface area (Å²) in [4.78, 5) is 24.3. The fourth-order valence-corrected chi connectivity index (χ4v) is 2.92. The van der Waals surface area contributed by atoms with E-state index in [4.69, 9.17) is 16.3 Å². The van der Waals surface area contributed by atoms with Gasteiger partial charge in [0.2, 0.25) is 5.91 Å². The highest BCUT2D eigenvalue weighted by Crippen LogP contribution is 2.25. The number of rotatable bonds is 4. The van der Waals surface area contributed by atoms with Crippen LogP contribution in [0.15, 0.2) is 48.5 Å². The van der Waals surface area contributed by atoms with Crippen molar-refractivity contribution in [2.75, 3.05) is 19.0 Å². The van der Waals surface area contributed by atoms with Crippen LogP contribution in [0.2, 0.25) is 5.02 Å². The van der Waals surface area contributed by atoms with Gasteiger partial charge >= 0.3 is 6.03 Å². The third kappa shape index (κ3) is 4.03. The zero-order chi connectivity index (χ0) is 17.8. The van der Waals surface area contributed by atoms with Gasteiger partial charge in [0.15, 0.2) is 0 Å². The third-order valence-corrected chi connectivity index (χ3v) is 4.37. The Labute approximate surface area is 150 Å². The molecule has 1 aliphatic heterocycles. The summed E-state index contributed by atoms with van der Waals surface area (Å²) in [5.74, 6) is 0.396. The molecule has 3 amide bonds. The van der Waals surface area contributed by atoms with Gasteiger partial charge < -0.3 is 20.7 Å². The van der Waals surface area contributed by atoms with Crippen LogP contribution in [0, 0.1) is 0 Å². The van der Waals surface area contributed by atoms with Crippen LogP contribution >= 0.6 is 11.6 Å². The normalized spacial score (nSPS) is 19.2. The number of hydrogen-bond donors (Lipinski definition) is 3. The van der Waals surface area contributed by atoms with Crippen molar-refractivity contribution in [3.05, 3.63) is 59.1 Å². The summed E-state index contributed by atoms with van der Waals surface area (Å²) in [6.45, 7) is 0.469. The Bertz CT molecular complexity index is 762. The number of amides is 3. The maximum absolute atomic E-state index is 12.2. The van der Waals surface area contributed by atoms with Crippen LogP contribution in [-0.2, 0) is 4.79 Å². The summed E-state index contributed by atoms with van der Waals surface area (Å²) >= 11 is 5.82. The second kappa shape index (κ2) is 7.44. The maximum atomic E-state index is 12.2. The van der Waals surface area contributed by atoms with Gasteiger partial charge in [-0.05, 0) is 42.0 Å². The molecule has 130 valence electrons.